The van der Waals surface area contributed by atoms with Gasteiger partial charge >= 0.3 is 5.97 Å². The van der Waals surface area contributed by atoms with Crippen molar-refractivity contribution < 1.29 is 9.53 Å². The molecule has 0 aliphatic rings. The maximum Gasteiger partial charge on any atom is 0.364 e. The average Bonchev–Trinajstić information content (AvgIpc) is 2.62. The molecule has 2 aromatic rings. The first-order valence-corrected chi connectivity index (χ1v) is 5.63. The number of rotatable bonds is 2. The van der Waals surface area contributed by atoms with E-state index in [1.54, 1.807) is 25.2 Å². The Kier molecular flexibility index (Phi) is 3.14. The smallest absolute Gasteiger partial charge is 0.364 e. The maximum absolute atomic E-state index is 11.9. The minimum absolute atomic E-state index is 0.237. The summed E-state index contributed by atoms with van der Waals surface area (Å²) in [4.78, 5) is 11.9. The van der Waals surface area contributed by atoms with E-state index in [2.05, 4.69) is 21.0 Å². The van der Waals surface area contributed by atoms with Crippen molar-refractivity contribution in [3.05, 3.63) is 40.6 Å². The number of ether oxygens (including phenoxy) is 1. The Morgan fingerprint density at radius 1 is 1.47 bits per heavy atom. The number of anilines is 1. The SMILES string of the molecule is Cn1ncc(N)c1C(=O)Oc1ccccc1Br. The number of carbonyl (C=O) groups excluding carboxylic acids is 1. The number of esters is 1. The van der Waals surface area contributed by atoms with Crippen LogP contribution in [0.25, 0.3) is 0 Å². The first-order chi connectivity index (χ1) is 8.09. The Labute approximate surface area is 106 Å². The summed E-state index contributed by atoms with van der Waals surface area (Å²) in [6, 6.07) is 7.09. The number of aromatic nitrogens is 2. The molecule has 1 aromatic carbocycles. The van der Waals surface area contributed by atoms with Crippen LogP contribution in [0, 0.1) is 0 Å². The molecule has 88 valence electrons. The number of carbonyl (C=O) groups is 1. The van der Waals surface area contributed by atoms with Crippen LogP contribution in [-0.2, 0) is 7.05 Å². The summed E-state index contributed by atoms with van der Waals surface area (Å²) in [6.45, 7) is 0. The van der Waals surface area contributed by atoms with Crippen LogP contribution in [0.1, 0.15) is 10.5 Å². The lowest BCUT2D eigenvalue weighted by Crippen LogP contribution is -2.15. The van der Waals surface area contributed by atoms with Crippen LogP contribution in [0.15, 0.2) is 34.9 Å². The zero-order chi connectivity index (χ0) is 12.4. The number of nitrogen functional groups attached to an aromatic ring is 1. The van der Waals surface area contributed by atoms with Crippen LogP contribution < -0.4 is 10.5 Å². The van der Waals surface area contributed by atoms with Gasteiger partial charge in [-0.05, 0) is 28.1 Å². The van der Waals surface area contributed by atoms with E-state index in [1.165, 1.54) is 10.9 Å². The summed E-state index contributed by atoms with van der Waals surface area (Å²) in [7, 11) is 1.63. The van der Waals surface area contributed by atoms with Crippen molar-refractivity contribution in [2.24, 2.45) is 7.05 Å². The van der Waals surface area contributed by atoms with E-state index in [0.717, 1.165) is 0 Å². The molecule has 0 aliphatic heterocycles. The highest BCUT2D eigenvalue weighted by Crippen LogP contribution is 2.25. The van der Waals surface area contributed by atoms with Crippen molar-refractivity contribution in [1.82, 2.24) is 9.78 Å². The van der Waals surface area contributed by atoms with Crippen molar-refractivity contribution >= 4 is 27.6 Å². The molecule has 2 N–H and O–H groups in total. The van der Waals surface area contributed by atoms with Gasteiger partial charge in [-0.3, -0.25) is 4.68 Å². The first kappa shape index (κ1) is 11.7. The van der Waals surface area contributed by atoms with Gasteiger partial charge in [0.1, 0.15) is 5.75 Å². The van der Waals surface area contributed by atoms with E-state index in [-0.39, 0.29) is 5.69 Å². The quantitative estimate of drug-likeness (QED) is 0.679. The molecule has 1 aromatic heterocycles. The summed E-state index contributed by atoms with van der Waals surface area (Å²) in [6.07, 6.45) is 1.41. The summed E-state index contributed by atoms with van der Waals surface area (Å²) in [5.74, 6) is -0.0903. The standard InChI is InChI=1S/C11H10BrN3O2/c1-15-10(8(13)6-14-15)11(16)17-9-5-3-2-4-7(9)12/h2-6H,13H2,1H3. The highest BCUT2D eigenvalue weighted by molar-refractivity contribution is 9.10. The maximum atomic E-state index is 11.9. The lowest BCUT2D eigenvalue weighted by molar-refractivity contribution is 0.0723. The lowest BCUT2D eigenvalue weighted by atomic mass is 10.3. The van der Waals surface area contributed by atoms with Gasteiger partial charge in [0.15, 0.2) is 5.69 Å². The summed E-state index contributed by atoms with van der Waals surface area (Å²) < 4.78 is 7.31. The number of benzene rings is 1. The van der Waals surface area contributed by atoms with E-state index in [9.17, 15) is 4.79 Å². The van der Waals surface area contributed by atoms with E-state index in [0.29, 0.717) is 15.9 Å². The Morgan fingerprint density at radius 2 is 2.18 bits per heavy atom. The van der Waals surface area contributed by atoms with Crippen molar-refractivity contribution in [3.8, 4) is 5.75 Å². The first-order valence-electron chi connectivity index (χ1n) is 4.84. The minimum Gasteiger partial charge on any atom is -0.421 e. The van der Waals surface area contributed by atoms with Crippen molar-refractivity contribution in [3.63, 3.8) is 0 Å². The van der Waals surface area contributed by atoms with E-state index in [1.807, 2.05) is 6.07 Å². The second-order valence-corrected chi connectivity index (χ2v) is 4.25. The summed E-state index contributed by atoms with van der Waals surface area (Å²) in [5, 5.41) is 3.88. The summed E-state index contributed by atoms with van der Waals surface area (Å²) >= 11 is 3.29. The molecule has 5 nitrogen and oxygen atoms in total. The normalized spacial score (nSPS) is 10.2. The number of hydrogen-bond donors (Lipinski definition) is 1. The zero-order valence-electron chi connectivity index (χ0n) is 9.05. The van der Waals surface area contributed by atoms with Gasteiger partial charge in [-0.2, -0.15) is 5.10 Å². The second-order valence-electron chi connectivity index (χ2n) is 3.39. The number of para-hydroxylation sites is 1. The molecule has 0 amide bonds. The number of nitrogens with zero attached hydrogens (tertiary/aromatic N) is 2. The van der Waals surface area contributed by atoms with Crippen LogP contribution in [0.5, 0.6) is 5.75 Å². The zero-order valence-corrected chi connectivity index (χ0v) is 10.6. The fourth-order valence-corrected chi connectivity index (χ4v) is 1.75. The molecule has 0 radical (unpaired) electrons. The van der Waals surface area contributed by atoms with Crippen molar-refractivity contribution in [2.45, 2.75) is 0 Å². The van der Waals surface area contributed by atoms with E-state index in [4.69, 9.17) is 10.5 Å². The van der Waals surface area contributed by atoms with Crippen LogP contribution in [0.4, 0.5) is 5.69 Å². The molecule has 0 spiro atoms. The third-order valence-electron chi connectivity index (χ3n) is 2.20. The molecule has 0 bridgehead atoms. The Morgan fingerprint density at radius 3 is 2.76 bits per heavy atom. The molecule has 0 atom stereocenters. The predicted octanol–water partition coefficient (Wildman–Crippen LogP) is 1.98. The van der Waals surface area contributed by atoms with Crippen LogP contribution >= 0.6 is 15.9 Å². The molecule has 6 heteroatoms. The molecule has 0 saturated heterocycles. The van der Waals surface area contributed by atoms with Crippen molar-refractivity contribution in [1.29, 1.82) is 0 Å². The average molecular weight is 296 g/mol. The molecule has 1 heterocycles. The van der Waals surface area contributed by atoms with E-state index >= 15 is 0 Å². The third-order valence-corrected chi connectivity index (χ3v) is 2.85. The largest absolute Gasteiger partial charge is 0.421 e. The van der Waals surface area contributed by atoms with E-state index < -0.39 is 5.97 Å². The van der Waals surface area contributed by atoms with Crippen LogP contribution in [0.2, 0.25) is 0 Å². The lowest BCUT2D eigenvalue weighted by Gasteiger charge is -2.06. The highest BCUT2D eigenvalue weighted by atomic mass is 79.9. The fourth-order valence-electron chi connectivity index (χ4n) is 1.38. The van der Waals surface area contributed by atoms with Crippen molar-refractivity contribution in [2.75, 3.05) is 5.73 Å². The van der Waals surface area contributed by atoms with Crippen LogP contribution in [-0.4, -0.2) is 15.7 Å². The number of nitrogens with two attached hydrogens (primary N) is 1. The fraction of sp³-hybridized carbons (Fsp3) is 0.0909. The number of hydrogen-bond acceptors (Lipinski definition) is 4. The Balaban J connectivity index is 2.27. The third kappa shape index (κ3) is 2.31. The topological polar surface area (TPSA) is 70.1 Å². The number of halogens is 1. The predicted molar refractivity (Wildman–Crippen MR) is 66.7 cm³/mol. The van der Waals surface area contributed by atoms with Gasteiger partial charge in [-0.25, -0.2) is 4.79 Å². The molecular weight excluding hydrogens is 286 g/mol. The molecule has 17 heavy (non-hydrogen) atoms. The molecule has 0 unspecified atom stereocenters. The monoisotopic (exact) mass is 295 g/mol. The molecule has 0 aliphatic carbocycles. The second kappa shape index (κ2) is 4.58. The minimum atomic E-state index is -0.533. The van der Waals surface area contributed by atoms with Gasteiger partial charge in [0, 0.05) is 7.05 Å². The van der Waals surface area contributed by atoms with Gasteiger partial charge in [0.05, 0.1) is 16.4 Å². The van der Waals surface area contributed by atoms with Gasteiger partial charge in [0.25, 0.3) is 0 Å². The Hall–Kier alpha value is -1.82. The summed E-state index contributed by atoms with van der Waals surface area (Å²) in [5.41, 5.74) is 6.17. The molecule has 2 rings (SSSR count). The number of aryl methyl sites for hydroxylation is 1. The van der Waals surface area contributed by atoms with Gasteiger partial charge in [-0.15, -0.1) is 0 Å². The molecule has 0 fully saturated rings. The van der Waals surface area contributed by atoms with Gasteiger partial charge in [-0.1, -0.05) is 12.1 Å². The molecular formula is C11H10BrN3O2. The van der Waals surface area contributed by atoms with Gasteiger partial charge in [0.2, 0.25) is 0 Å². The highest BCUT2D eigenvalue weighted by Gasteiger charge is 2.18. The molecule has 0 saturated carbocycles. The Bertz CT molecular complexity index is 546. The van der Waals surface area contributed by atoms with Gasteiger partial charge < -0.3 is 10.5 Å². The van der Waals surface area contributed by atoms with Crippen LogP contribution in [0.3, 0.4) is 0 Å².